The van der Waals surface area contributed by atoms with Crippen LogP contribution in [0.15, 0.2) is 47.6 Å². The Kier molecular flexibility index (Phi) is 2.41. The molecule has 4 heteroatoms. The average Bonchev–Trinajstić information content (AvgIpc) is 2.19. The van der Waals surface area contributed by atoms with Gasteiger partial charge in [-0.2, -0.15) is 0 Å². The van der Waals surface area contributed by atoms with Crippen LogP contribution in [-0.2, 0) is 0 Å². The van der Waals surface area contributed by atoms with Gasteiger partial charge < -0.3 is 10.1 Å². The standard InChI is InChI=1S/C10H9ClN2O/c11-10(6-7-12-8-13-10)14-9-4-2-1-3-5-9/h1-8H,(H,12,13). The maximum absolute atomic E-state index is 6.06. The first-order valence-electron chi connectivity index (χ1n) is 4.19. The van der Waals surface area contributed by atoms with Crippen LogP contribution >= 0.6 is 11.6 Å². The lowest BCUT2D eigenvalue weighted by Crippen LogP contribution is -2.29. The predicted molar refractivity (Wildman–Crippen MR) is 56.4 cm³/mol. The second kappa shape index (κ2) is 3.72. The molecule has 0 aromatic heterocycles. The van der Waals surface area contributed by atoms with Crippen LogP contribution < -0.4 is 10.1 Å². The summed E-state index contributed by atoms with van der Waals surface area (Å²) in [6.07, 6.45) is 4.82. The highest BCUT2D eigenvalue weighted by Gasteiger charge is 2.25. The fraction of sp³-hybridized carbons (Fsp3) is 0.100. The van der Waals surface area contributed by atoms with Crippen molar-refractivity contribution in [2.75, 3.05) is 0 Å². The number of alkyl halides is 1. The molecule has 1 aromatic rings. The summed E-state index contributed by atoms with van der Waals surface area (Å²) < 4.78 is 5.48. The van der Waals surface area contributed by atoms with E-state index in [0.717, 1.165) is 0 Å². The molecule has 0 saturated carbocycles. The van der Waals surface area contributed by atoms with E-state index in [1.807, 2.05) is 30.3 Å². The lowest BCUT2D eigenvalue weighted by atomic mass is 10.3. The quantitative estimate of drug-likeness (QED) is 0.597. The van der Waals surface area contributed by atoms with Gasteiger partial charge in [0.25, 0.3) is 0 Å². The molecule has 0 aliphatic carbocycles. The van der Waals surface area contributed by atoms with Crippen molar-refractivity contribution in [3.05, 3.63) is 42.6 Å². The van der Waals surface area contributed by atoms with Crippen LogP contribution in [0.5, 0.6) is 5.75 Å². The van der Waals surface area contributed by atoms with E-state index < -0.39 is 5.18 Å². The van der Waals surface area contributed by atoms with E-state index in [9.17, 15) is 0 Å². The van der Waals surface area contributed by atoms with Gasteiger partial charge in [-0.1, -0.05) is 18.2 Å². The third-order valence-corrected chi connectivity index (χ3v) is 2.01. The molecule has 0 fully saturated rings. The van der Waals surface area contributed by atoms with E-state index in [1.54, 1.807) is 12.3 Å². The van der Waals surface area contributed by atoms with Crippen molar-refractivity contribution in [3.63, 3.8) is 0 Å². The van der Waals surface area contributed by atoms with Crippen molar-refractivity contribution in [1.82, 2.24) is 5.32 Å². The predicted octanol–water partition coefficient (Wildman–Crippen LogP) is 2.10. The molecule has 1 heterocycles. The molecule has 3 nitrogen and oxygen atoms in total. The SMILES string of the molecule is ClC1(Oc2ccccc2)C=CNC=N1. The number of rotatable bonds is 2. The minimum atomic E-state index is -1.12. The second-order valence-electron chi connectivity index (χ2n) is 2.78. The number of nitrogens with one attached hydrogen (secondary N) is 1. The van der Waals surface area contributed by atoms with Crippen LogP contribution in [0.25, 0.3) is 0 Å². The first-order chi connectivity index (χ1) is 6.79. The zero-order valence-electron chi connectivity index (χ0n) is 7.35. The van der Waals surface area contributed by atoms with Gasteiger partial charge in [0.15, 0.2) is 0 Å². The van der Waals surface area contributed by atoms with E-state index in [0.29, 0.717) is 5.75 Å². The highest BCUT2D eigenvalue weighted by molar-refractivity contribution is 6.24. The summed E-state index contributed by atoms with van der Waals surface area (Å²) in [4.78, 5) is 3.98. The maximum atomic E-state index is 6.06. The Bertz CT molecular complexity index is 350. The van der Waals surface area contributed by atoms with Gasteiger partial charge in [0, 0.05) is 12.3 Å². The summed E-state index contributed by atoms with van der Waals surface area (Å²) in [6.45, 7) is 0. The van der Waals surface area contributed by atoms with Crippen molar-refractivity contribution >= 4 is 17.9 Å². The Balaban J connectivity index is 2.14. The Morgan fingerprint density at radius 3 is 2.71 bits per heavy atom. The van der Waals surface area contributed by atoms with Gasteiger partial charge in [0.05, 0.1) is 6.34 Å². The molecular formula is C10H9ClN2O. The van der Waals surface area contributed by atoms with Crippen molar-refractivity contribution in [3.8, 4) is 5.75 Å². The normalized spacial score (nSPS) is 24.4. The van der Waals surface area contributed by atoms with E-state index in [1.165, 1.54) is 6.34 Å². The van der Waals surface area contributed by atoms with Crippen LogP contribution in [0, 0.1) is 0 Å². The lowest BCUT2D eigenvalue weighted by molar-refractivity contribution is 0.216. The number of halogens is 1. The largest absolute Gasteiger partial charge is 0.449 e. The summed E-state index contributed by atoms with van der Waals surface area (Å²) in [7, 11) is 0. The third kappa shape index (κ3) is 2.06. The third-order valence-electron chi connectivity index (χ3n) is 1.70. The molecule has 2 rings (SSSR count). The molecule has 0 radical (unpaired) electrons. The second-order valence-corrected chi connectivity index (χ2v) is 3.32. The monoisotopic (exact) mass is 208 g/mol. The number of ether oxygens (including phenoxy) is 1. The Hall–Kier alpha value is -1.48. The molecule has 0 spiro atoms. The molecule has 1 aliphatic heterocycles. The van der Waals surface area contributed by atoms with Crippen LogP contribution in [0.4, 0.5) is 0 Å². The van der Waals surface area contributed by atoms with E-state index in [4.69, 9.17) is 16.3 Å². The van der Waals surface area contributed by atoms with Gasteiger partial charge in [-0.3, -0.25) is 0 Å². The summed E-state index contributed by atoms with van der Waals surface area (Å²) in [5.41, 5.74) is 0. The number of aliphatic imine (C=N–C) groups is 1. The smallest absolute Gasteiger partial charge is 0.301 e. The number of hydrogen-bond acceptors (Lipinski definition) is 3. The highest BCUT2D eigenvalue weighted by Crippen LogP contribution is 2.25. The fourth-order valence-electron chi connectivity index (χ4n) is 1.08. The first-order valence-corrected chi connectivity index (χ1v) is 4.57. The van der Waals surface area contributed by atoms with Crippen molar-refractivity contribution < 1.29 is 4.74 Å². The molecule has 1 N–H and O–H groups in total. The van der Waals surface area contributed by atoms with E-state index in [-0.39, 0.29) is 0 Å². The zero-order valence-corrected chi connectivity index (χ0v) is 8.11. The van der Waals surface area contributed by atoms with Crippen molar-refractivity contribution in [2.24, 2.45) is 4.99 Å². The van der Waals surface area contributed by atoms with Crippen LogP contribution in [0.1, 0.15) is 0 Å². The Morgan fingerprint density at radius 1 is 1.29 bits per heavy atom. The molecular weight excluding hydrogens is 200 g/mol. The highest BCUT2D eigenvalue weighted by atomic mass is 35.5. The van der Waals surface area contributed by atoms with Gasteiger partial charge in [-0.15, -0.1) is 0 Å². The molecule has 0 amide bonds. The van der Waals surface area contributed by atoms with Gasteiger partial charge in [-0.25, -0.2) is 4.99 Å². The van der Waals surface area contributed by atoms with Crippen molar-refractivity contribution in [1.29, 1.82) is 0 Å². The maximum Gasteiger partial charge on any atom is 0.301 e. The molecule has 0 bridgehead atoms. The lowest BCUT2D eigenvalue weighted by Gasteiger charge is -2.22. The van der Waals surface area contributed by atoms with E-state index in [2.05, 4.69) is 10.3 Å². The number of para-hydroxylation sites is 1. The molecule has 14 heavy (non-hydrogen) atoms. The summed E-state index contributed by atoms with van der Waals surface area (Å²) in [5.74, 6) is 0.686. The van der Waals surface area contributed by atoms with Crippen molar-refractivity contribution in [2.45, 2.75) is 5.18 Å². The Labute approximate surface area is 87.1 Å². The molecule has 1 aromatic carbocycles. The van der Waals surface area contributed by atoms with E-state index >= 15 is 0 Å². The zero-order chi connectivity index (χ0) is 9.86. The molecule has 72 valence electrons. The molecule has 1 aliphatic rings. The minimum Gasteiger partial charge on any atom is -0.449 e. The Morgan fingerprint density at radius 2 is 2.07 bits per heavy atom. The van der Waals surface area contributed by atoms with Gasteiger partial charge >= 0.3 is 5.18 Å². The van der Waals surface area contributed by atoms with Gasteiger partial charge in [-0.05, 0) is 23.7 Å². The average molecular weight is 209 g/mol. The number of nitrogens with zero attached hydrogens (tertiary/aromatic N) is 1. The number of benzene rings is 1. The molecule has 1 unspecified atom stereocenters. The van der Waals surface area contributed by atoms with Gasteiger partial charge in [0.1, 0.15) is 5.75 Å². The summed E-state index contributed by atoms with van der Waals surface area (Å²) in [5, 5.41) is 1.67. The molecule has 1 atom stereocenters. The fourth-order valence-corrected chi connectivity index (χ4v) is 1.28. The van der Waals surface area contributed by atoms with Crippen LogP contribution in [0.3, 0.4) is 0 Å². The minimum absolute atomic E-state index is 0.686. The molecule has 0 saturated heterocycles. The summed E-state index contributed by atoms with van der Waals surface area (Å²) >= 11 is 6.06. The topological polar surface area (TPSA) is 33.6 Å². The summed E-state index contributed by atoms with van der Waals surface area (Å²) in [6, 6.07) is 9.33. The van der Waals surface area contributed by atoms with Crippen LogP contribution in [0.2, 0.25) is 0 Å². The first kappa shape index (κ1) is 9.09. The van der Waals surface area contributed by atoms with Gasteiger partial charge in [0.2, 0.25) is 0 Å². The van der Waals surface area contributed by atoms with Crippen LogP contribution in [-0.4, -0.2) is 11.5 Å². The number of hydrogen-bond donors (Lipinski definition) is 1.